The van der Waals surface area contributed by atoms with E-state index in [4.69, 9.17) is 60.6 Å². The molecule has 4 aliphatic rings. The summed E-state index contributed by atoms with van der Waals surface area (Å²) in [5.41, 5.74) is 0. The van der Waals surface area contributed by atoms with Crippen molar-refractivity contribution < 1.29 is 65.7 Å². The molecule has 0 saturated carbocycles. The van der Waals surface area contributed by atoms with Crippen molar-refractivity contribution in [2.24, 2.45) is 0 Å². The average Bonchev–Trinajstić information content (AvgIpc) is 3.88. The molecule has 260 valence electrons. The van der Waals surface area contributed by atoms with Crippen LogP contribution in [-0.2, 0) is 87.0 Å². The molecule has 4 saturated heterocycles. The highest BCUT2D eigenvalue weighted by molar-refractivity contribution is 5.07. The molecule has 0 spiro atoms. The zero-order valence-electron chi connectivity index (χ0n) is 26.4. The Balaban J connectivity index is 0.000000191. The lowest BCUT2D eigenvalue weighted by atomic mass is 10.4. The first-order chi connectivity index (χ1) is 23.1. The van der Waals surface area contributed by atoms with E-state index in [2.05, 4.69) is 0 Å². The molecule has 0 amide bonds. The van der Waals surface area contributed by atoms with Crippen LogP contribution in [0.5, 0.6) is 0 Å². The zero-order chi connectivity index (χ0) is 32.1. The minimum Gasteiger partial charge on any atom is -0.461 e. The fourth-order valence-corrected chi connectivity index (χ4v) is 4.19. The summed E-state index contributed by atoms with van der Waals surface area (Å²) in [5, 5.41) is 9.99. The first-order valence-electron chi connectivity index (χ1n) is 16.0. The monoisotopic (exact) mass is 664 g/mol. The molecule has 0 radical (unpaired) electrons. The fraction of sp³-hybridized carbons (Fsp3) is 0.636. The van der Waals surface area contributed by atoms with E-state index in [1.54, 1.807) is 0 Å². The minimum absolute atomic E-state index is 0.145. The van der Waals surface area contributed by atoms with Gasteiger partial charge < -0.3 is 65.7 Å². The van der Waals surface area contributed by atoms with E-state index in [0.29, 0.717) is 76.6 Å². The molecule has 14 nitrogen and oxygen atoms in total. The molecule has 7 heterocycles. The van der Waals surface area contributed by atoms with Gasteiger partial charge in [0.25, 0.3) is 0 Å². The minimum atomic E-state index is -0.738. The molecule has 4 aliphatic heterocycles. The smallest absolute Gasteiger partial charge is 0.129 e. The van der Waals surface area contributed by atoms with Gasteiger partial charge in [-0.25, -0.2) is 0 Å². The van der Waals surface area contributed by atoms with Crippen molar-refractivity contribution in [3.05, 3.63) is 71.0 Å². The number of rotatable bonds is 24. The van der Waals surface area contributed by atoms with Gasteiger partial charge in [0.2, 0.25) is 0 Å². The van der Waals surface area contributed by atoms with Gasteiger partial charge in [-0.15, -0.1) is 0 Å². The summed E-state index contributed by atoms with van der Waals surface area (Å²) in [7, 11) is 0. The van der Waals surface area contributed by atoms with E-state index < -0.39 is 6.10 Å². The van der Waals surface area contributed by atoms with Crippen molar-refractivity contribution in [3.8, 4) is 0 Å². The maximum Gasteiger partial charge on any atom is 0.129 e. The second-order valence-corrected chi connectivity index (χ2v) is 11.7. The lowest BCUT2D eigenvalue weighted by molar-refractivity contribution is -0.0336. The van der Waals surface area contributed by atoms with Crippen LogP contribution in [0.25, 0.3) is 0 Å². The van der Waals surface area contributed by atoms with Gasteiger partial charge in [-0.3, -0.25) is 0 Å². The molecule has 4 atom stereocenters. The average molecular weight is 665 g/mol. The highest BCUT2D eigenvalue weighted by Gasteiger charge is 2.24. The third-order valence-corrected chi connectivity index (χ3v) is 7.06. The number of aliphatic hydroxyl groups excluding tert-OH is 1. The Morgan fingerprint density at radius 3 is 0.915 bits per heavy atom. The van der Waals surface area contributed by atoms with Crippen LogP contribution in [0.4, 0.5) is 0 Å². The van der Waals surface area contributed by atoms with Crippen LogP contribution in [0.3, 0.4) is 0 Å². The van der Waals surface area contributed by atoms with E-state index >= 15 is 0 Å². The molecule has 7 rings (SSSR count). The molecule has 4 unspecified atom stereocenters. The van der Waals surface area contributed by atoms with Gasteiger partial charge in [0.1, 0.15) is 105 Å². The Labute approximate surface area is 273 Å². The lowest BCUT2D eigenvalue weighted by Crippen LogP contribution is -2.21. The third-order valence-electron chi connectivity index (χ3n) is 7.06. The van der Waals surface area contributed by atoms with E-state index in [-0.39, 0.29) is 38.6 Å². The first-order valence-corrected chi connectivity index (χ1v) is 16.0. The van der Waals surface area contributed by atoms with Crippen molar-refractivity contribution in [3.63, 3.8) is 0 Å². The normalized spacial score (nSPS) is 22.9. The molecule has 0 aliphatic carbocycles. The number of hydrogen-bond donors (Lipinski definition) is 1. The molecule has 3 aromatic rings. The number of furan rings is 3. The molecule has 4 fully saturated rings. The van der Waals surface area contributed by atoms with Crippen molar-refractivity contribution in [1.82, 2.24) is 0 Å². The summed E-state index contributed by atoms with van der Waals surface area (Å²) in [6.45, 7) is 8.29. The van der Waals surface area contributed by atoms with Gasteiger partial charge in [0, 0.05) is 0 Å². The second-order valence-electron chi connectivity index (χ2n) is 11.7. The highest BCUT2D eigenvalue weighted by atomic mass is 16.6. The van der Waals surface area contributed by atoms with Gasteiger partial charge >= 0.3 is 0 Å². The standard InChI is InChI=1S/C21H28O9.C12H16O5/c22-15(5-23-7-16-1-3-18(29-16)9-25-11-20-13-27-20)6-24-8-17-2-4-19(30-17)10-26-12-21-14-28-21;1-2-10(4-14-6-12-8-16-12)17-9(1)3-13-5-11-7-15-11/h1-4,15,20-22H,5-14H2;1-2,11-12H,3-8H2. The van der Waals surface area contributed by atoms with E-state index in [0.717, 1.165) is 49.5 Å². The molecular weight excluding hydrogens is 620 g/mol. The van der Waals surface area contributed by atoms with Gasteiger partial charge in [-0.2, -0.15) is 0 Å². The second kappa shape index (κ2) is 18.2. The number of hydrogen-bond acceptors (Lipinski definition) is 14. The Bertz CT molecular complexity index is 1190. The van der Waals surface area contributed by atoms with Gasteiger partial charge in [0.15, 0.2) is 0 Å². The predicted molar refractivity (Wildman–Crippen MR) is 159 cm³/mol. The number of aliphatic hydroxyl groups is 1. The maximum atomic E-state index is 9.99. The molecule has 0 bridgehead atoms. The highest BCUT2D eigenvalue weighted by Crippen LogP contribution is 2.17. The predicted octanol–water partition coefficient (Wildman–Crippen LogP) is 2.91. The van der Waals surface area contributed by atoms with Crippen LogP contribution >= 0.6 is 0 Å². The summed E-state index contributed by atoms with van der Waals surface area (Å²) in [4.78, 5) is 0. The van der Waals surface area contributed by atoms with Crippen LogP contribution in [0.1, 0.15) is 34.6 Å². The van der Waals surface area contributed by atoms with Crippen LogP contribution in [0.15, 0.2) is 49.6 Å². The Hall–Kier alpha value is -2.60. The quantitative estimate of drug-likeness (QED) is 0.139. The molecule has 1 N–H and O–H groups in total. The summed E-state index contributed by atoms with van der Waals surface area (Å²) < 4.78 is 69.8. The first kappa shape index (κ1) is 34.3. The summed E-state index contributed by atoms with van der Waals surface area (Å²) in [6, 6.07) is 11.2. The van der Waals surface area contributed by atoms with Crippen molar-refractivity contribution in [2.75, 3.05) is 66.1 Å². The van der Waals surface area contributed by atoms with E-state index in [1.165, 1.54) is 0 Å². The molecule has 3 aromatic heterocycles. The SMILES string of the molecule is OC(COCc1ccc(COCC2CO2)o1)COCc1ccc(COCC2CO2)o1.c1cc(COCC2CO2)oc1COCC1CO1. The number of epoxide rings is 4. The number of ether oxygens (including phenoxy) is 10. The lowest BCUT2D eigenvalue weighted by Gasteiger charge is -2.10. The fourth-order valence-electron chi connectivity index (χ4n) is 4.19. The van der Waals surface area contributed by atoms with Gasteiger partial charge in [-0.1, -0.05) is 0 Å². The van der Waals surface area contributed by atoms with Gasteiger partial charge in [-0.05, 0) is 36.4 Å². The molecular formula is C33H44O14. The van der Waals surface area contributed by atoms with Crippen LogP contribution in [0.2, 0.25) is 0 Å². The zero-order valence-corrected chi connectivity index (χ0v) is 26.4. The largest absolute Gasteiger partial charge is 0.461 e. The van der Waals surface area contributed by atoms with Gasteiger partial charge in [0.05, 0.1) is 66.1 Å². The van der Waals surface area contributed by atoms with Crippen molar-refractivity contribution in [1.29, 1.82) is 0 Å². The molecule has 14 heteroatoms. The van der Waals surface area contributed by atoms with E-state index in [9.17, 15) is 5.11 Å². The van der Waals surface area contributed by atoms with E-state index in [1.807, 2.05) is 36.4 Å². The van der Waals surface area contributed by atoms with Crippen LogP contribution < -0.4 is 0 Å². The summed E-state index contributed by atoms with van der Waals surface area (Å²) in [5.74, 6) is 4.49. The van der Waals surface area contributed by atoms with Crippen molar-refractivity contribution >= 4 is 0 Å². The van der Waals surface area contributed by atoms with Crippen LogP contribution in [-0.4, -0.2) is 102 Å². The molecule has 0 aromatic carbocycles. The topological polar surface area (TPSA) is 165 Å². The summed E-state index contributed by atoms with van der Waals surface area (Å²) in [6.07, 6.45) is 0.334. The maximum absolute atomic E-state index is 9.99. The van der Waals surface area contributed by atoms with Crippen molar-refractivity contribution in [2.45, 2.75) is 70.2 Å². The third kappa shape index (κ3) is 14.2. The Morgan fingerprint density at radius 1 is 0.447 bits per heavy atom. The Morgan fingerprint density at radius 2 is 0.681 bits per heavy atom. The molecule has 47 heavy (non-hydrogen) atoms. The van der Waals surface area contributed by atoms with Crippen LogP contribution in [0, 0.1) is 0 Å². The Kier molecular flexibility index (Phi) is 13.3. The summed E-state index contributed by atoms with van der Waals surface area (Å²) >= 11 is 0.